The molecule has 2 heterocycles. The number of hydrogen-bond donors (Lipinski definition) is 2. The fraction of sp³-hybridized carbons (Fsp3) is 0.333. The normalized spacial score (nSPS) is 16.3. The molecule has 1 aromatic heterocycles. The van der Waals surface area contributed by atoms with E-state index in [4.69, 9.17) is 23.2 Å². The third-order valence-electron chi connectivity index (χ3n) is 3.68. The molecular formula is C15H18Cl4N2OS. The average molecular weight is 416 g/mol. The Hall–Kier alpha value is -0.200. The van der Waals surface area contributed by atoms with Crippen molar-refractivity contribution in [2.75, 3.05) is 26.2 Å². The van der Waals surface area contributed by atoms with E-state index in [0.717, 1.165) is 31.7 Å². The quantitative estimate of drug-likeness (QED) is 0.768. The number of hydrogen-bond acceptors (Lipinski definition) is 4. The van der Waals surface area contributed by atoms with Crippen LogP contribution in [0.25, 0.3) is 0 Å². The number of aromatic hydroxyl groups is 1. The maximum Gasteiger partial charge on any atom is 0.139 e. The van der Waals surface area contributed by atoms with Crippen LogP contribution in [0, 0.1) is 0 Å². The van der Waals surface area contributed by atoms with E-state index in [0.29, 0.717) is 10.0 Å². The molecule has 0 bridgehead atoms. The number of nitrogens with one attached hydrogen (secondary N) is 1. The number of phenols is 1. The van der Waals surface area contributed by atoms with E-state index in [1.807, 2.05) is 17.5 Å². The molecule has 1 aliphatic rings. The first kappa shape index (κ1) is 20.8. The second-order valence-corrected chi connectivity index (χ2v) is 6.85. The molecule has 23 heavy (non-hydrogen) atoms. The lowest BCUT2D eigenvalue weighted by Crippen LogP contribution is -2.45. The average Bonchev–Trinajstić information content (AvgIpc) is 2.99. The topological polar surface area (TPSA) is 35.5 Å². The third kappa shape index (κ3) is 4.67. The van der Waals surface area contributed by atoms with Gasteiger partial charge in [-0.15, -0.1) is 36.2 Å². The van der Waals surface area contributed by atoms with Gasteiger partial charge in [0, 0.05) is 41.6 Å². The highest BCUT2D eigenvalue weighted by Crippen LogP contribution is 2.41. The smallest absolute Gasteiger partial charge is 0.139 e. The van der Waals surface area contributed by atoms with Crippen LogP contribution in [-0.2, 0) is 0 Å². The molecule has 1 aliphatic heterocycles. The summed E-state index contributed by atoms with van der Waals surface area (Å²) < 4.78 is 0. The Bertz CT molecular complexity index is 618. The number of halogens is 4. The van der Waals surface area contributed by atoms with E-state index in [1.54, 1.807) is 17.4 Å². The zero-order valence-corrected chi connectivity index (χ0v) is 16.1. The van der Waals surface area contributed by atoms with E-state index in [2.05, 4.69) is 16.3 Å². The van der Waals surface area contributed by atoms with E-state index in [-0.39, 0.29) is 36.6 Å². The van der Waals surface area contributed by atoms with Gasteiger partial charge in [-0.05, 0) is 23.6 Å². The first-order valence-electron chi connectivity index (χ1n) is 6.83. The molecule has 1 saturated heterocycles. The number of piperazine rings is 1. The molecule has 0 unspecified atom stereocenters. The summed E-state index contributed by atoms with van der Waals surface area (Å²) in [7, 11) is 0. The van der Waals surface area contributed by atoms with Gasteiger partial charge in [0.05, 0.1) is 11.1 Å². The summed E-state index contributed by atoms with van der Waals surface area (Å²) in [5.41, 5.74) is 0.775. The Kier molecular flexibility index (Phi) is 8.45. The number of thiophene rings is 1. The van der Waals surface area contributed by atoms with E-state index in [1.165, 1.54) is 4.88 Å². The van der Waals surface area contributed by atoms with Crippen molar-refractivity contribution in [3.8, 4) is 5.75 Å². The van der Waals surface area contributed by atoms with Gasteiger partial charge in [0.2, 0.25) is 0 Å². The van der Waals surface area contributed by atoms with Gasteiger partial charge in [-0.25, -0.2) is 0 Å². The van der Waals surface area contributed by atoms with Gasteiger partial charge in [0.25, 0.3) is 0 Å². The van der Waals surface area contributed by atoms with Crippen LogP contribution in [0.1, 0.15) is 16.5 Å². The van der Waals surface area contributed by atoms with Crippen LogP contribution in [0.15, 0.2) is 29.6 Å². The highest BCUT2D eigenvalue weighted by atomic mass is 35.5. The highest BCUT2D eigenvalue weighted by molar-refractivity contribution is 7.10. The van der Waals surface area contributed by atoms with Crippen molar-refractivity contribution >= 4 is 59.4 Å². The van der Waals surface area contributed by atoms with Gasteiger partial charge >= 0.3 is 0 Å². The summed E-state index contributed by atoms with van der Waals surface area (Å²) in [6.45, 7) is 3.73. The summed E-state index contributed by atoms with van der Waals surface area (Å²) in [5, 5.41) is 16.6. The number of rotatable bonds is 3. The van der Waals surface area contributed by atoms with E-state index in [9.17, 15) is 5.11 Å². The Morgan fingerprint density at radius 2 is 1.87 bits per heavy atom. The highest BCUT2D eigenvalue weighted by Gasteiger charge is 2.28. The molecular weight excluding hydrogens is 398 g/mol. The first-order chi connectivity index (χ1) is 10.2. The monoisotopic (exact) mass is 414 g/mol. The van der Waals surface area contributed by atoms with Crippen LogP contribution in [0.4, 0.5) is 0 Å². The molecule has 8 heteroatoms. The van der Waals surface area contributed by atoms with Crippen LogP contribution in [-0.4, -0.2) is 36.2 Å². The molecule has 0 aliphatic carbocycles. The summed E-state index contributed by atoms with van der Waals surface area (Å²) >= 11 is 13.9. The maximum atomic E-state index is 10.4. The van der Waals surface area contributed by atoms with Crippen molar-refractivity contribution in [3.05, 3.63) is 50.1 Å². The lowest BCUT2D eigenvalue weighted by molar-refractivity contribution is 0.198. The van der Waals surface area contributed by atoms with Crippen molar-refractivity contribution in [2.45, 2.75) is 6.04 Å². The Balaban J connectivity index is 0.00000132. The van der Waals surface area contributed by atoms with Crippen LogP contribution < -0.4 is 5.32 Å². The molecule has 1 aromatic carbocycles. The minimum Gasteiger partial charge on any atom is -0.506 e. The second kappa shape index (κ2) is 9.33. The van der Waals surface area contributed by atoms with Crippen molar-refractivity contribution in [1.82, 2.24) is 10.2 Å². The molecule has 1 atom stereocenters. The number of benzene rings is 1. The largest absolute Gasteiger partial charge is 0.506 e. The number of nitrogens with zero attached hydrogens (tertiary/aromatic N) is 1. The lowest BCUT2D eigenvalue weighted by atomic mass is 10.0. The molecule has 2 aromatic rings. The number of phenolic OH excluding ortho intramolecular Hbond substituents is 1. The Labute approximate surface area is 162 Å². The van der Waals surface area contributed by atoms with E-state index < -0.39 is 0 Å². The molecule has 0 radical (unpaired) electrons. The van der Waals surface area contributed by atoms with Crippen LogP contribution in [0.5, 0.6) is 5.75 Å². The summed E-state index contributed by atoms with van der Waals surface area (Å²) in [5.74, 6) is 0.123. The zero-order chi connectivity index (χ0) is 14.8. The maximum absolute atomic E-state index is 10.4. The minimum absolute atomic E-state index is 0. The molecule has 1 fully saturated rings. The van der Waals surface area contributed by atoms with Gasteiger partial charge in [-0.1, -0.05) is 29.3 Å². The van der Waals surface area contributed by atoms with Crippen molar-refractivity contribution in [1.29, 1.82) is 0 Å². The molecule has 3 rings (SSSR count). The Morgan fingerprint density at radius 3 is 2.48 bits per heavy atom. The predicted octanol–water partition coefficient (Wildman–Crippen LogP) is 4.60. The fourth-order valence-corrected chi connectivity index (χ4v) is 4.10. The minimum atomic E-state index is -0.0108. The molecule has 0 spiro atoms. The van der Waals surface area contributed by atoms with Gasteiger partial charge in [0.15, 0.2) is 0 Å². The Morgan fingerprint density at radius 1 is 1.17 bits per heavy atom. The standard InChI is InChI=1S/C15H16Cl2N2OS.2ClH/c16-10-8-11(15(20)12(17)9-10)14(13-2-1-7-21-13)19-5-3-18-4-6-19;;/h1-2,7-9,14,18,20H,3-6H2;2*1H/t14-;;/m1../s1. The van der Waals surface area contributed by atoms with Crippen molar-refractivity contribution < 1.29 is 5.11 Å². The molecule has 0 saturated carbocycles. The molecule has 0 amide bonds. The first-order valence-corrected chi connectivity index (χ1v) is 8.46. The van der Waals surface area contributed by atoms with Crippen LogP contribution in [0.2, 0.25) is 10.0 Å². The molecule has 128 valence electrons. The summed E-state index contributed by atoms with van der Waals surface area (Å²) in [6, 6.07) is 7.49. The van der Waals surface area contributed by atoms with Crippen molar-refractivity contribution in [2.24, 2.45) is 0 Å². The van der Waals surface area contributed by atoms with Gasteiger partial charge in [0.1, 0.15) is 5.75 Å². The summed E-state index contributed by atoms with van der Waals surface area (Å²) in [6.07, 6.45) is 0. The van der Waals surface area contributed by atoms with Gasteiger partial charge < -0.3 is 10.4 Å². The van der Waals surface area contributed by atoms with Gasteiger partial charge in [-0.3, -0.25) is 4.90 Å². The zero-order valence-electron chi connectivity index (χ0n) is 12.2. The molecule has 2 N–H and O–H groups in total. The SMILES string of the molecule is Cl.Cl.Oc1c(Cl)cc(Cl)cc1[C@H](c1cccs1)N1CCNCC1. The van der Waals surface area contributed by atoms with E-state index >= 15 is 0 Å². The van der Waals surface area contributed by atoms with Crippen LogP contribution in [0.3, 0.4) is 0 Å². The summed E-state index contributed by atoms with van der Waals surface area (Å²) in [4.78, 5) is 3.54. The van der Waals surface area contributed by atoms with Crippen molar-refractivity contribution in [3.63, 3.8) is 0 Å². The molecule has 3 nitrogen and oxygen atoms in total. The third-order valence-corrected chi connectivity index (χ3v) is 5.11. The lowest BCUT2D eigenvalue weighted by Gasteiger charge is -2.35. The van der Waals surface area contributed by atoms with Gasteiger partial charge in [-0.2, -0.15) is 0 Å². The van der Waals surface area contributed by atoms with Crippen LogP contribution >= 0.6 is 59.4 Å². The predicted molar refractivity (Wildman–Crippen MR) is 103 cm³/mol. The fourth-order valence-electron chi connectivity index (χ4n) is 2.71. The second-order valence-electron chi connectivity index (χ2n) is 5.03.